The first kappa shape index (κ1) is 6.38. The van der Waals surface area contributed by atoms with Gasteiger partial charge in [-0.1, -0.05) is 27.2 Å². The van der Waals surface area contributed by atoms with Crippen LogP contribution in [0.2, 0.25) is 0 Å². The van der Waals surface area contributed by atoms with E-state index in [1.807, 2.05) is 13.8 Å². The van der Waals surface area contributed by atoms with Gasteiger partial charge in [0.25, 0.3) is 0 Å². The van der Waals surface area contributed by atoms with Gasteiger partial charge in [0.05, 0.1) is 0 Å². The van der Waals surface area contributed by atoms with E-state index in [1.54, 1.807) is 6.92 Å². The summed E-state index contributed by atoms with van der Waals surface area (Å²) in [5.41, 5.74) is -0.255. The Morgan fingerprint density at radius 2 is 2.30 bits per heavy atom. The van der Waals surface area contributed by atoms with Gasteiger partial charge >= 0.3 is 0 Å². The predicted molar refractivity (Wildman–Crippen MR) is 41.8 cm³/mol. The van der Waals surface area contributed by atoms with Gasteiger partial charge in [-0.2, -0.15) is 0 Å². The second-order valence-corrected chi connectivity index (χ2v) is 3.85. The van der Waals surface area contributed by atoms with E-state index in [9.17, 15) is 4.79 Å². The zero-order chi connectivity index (χ0) is 8.70. The molecule has 0 amide bonds. The van der Waals surface area contributed by atoms with Gasteiger partial charge in [-0.3, -0.25) is 4.79 Å². The first-order valence-corrected chi connectivity index (χ1v) is 3.91. The van der Waals surface area contributed by atoms with Gasteiger partial charge in [0.15, 0.2) is 0 Å². The molecule has 0 radical (unpaired) electrons. The maximum absolute atomic E-state index is 11.6. The highest BCUT2D eigenvalue weighted by molar-refractivity contribution is 5.86. The average molecular weight is 141 g/mol. The van der Waals surface area contributed by atoms with Crippen molar-refractivity contribution in [2.45, 2.75) is 40.0 Å². The molecule has 1 rings (SSSR count). The number of rotatable bonds is 0. The molecule has 0 aliphatic heterocycles. The Balaban J connectivity index is 2.85. The lowest BCUT2D eigenvalue weighted by Gasteiger charge is -2.31. The van der Waals surface area contributed by atoms with E-state index in [2.05, 4.69) is 0 Å². The van der Waals surface area contributed by atoms with Crippen LogP contribution in [-0.4, -0.2) is 5.78 Å². The molecule has 0 N–H and O–H groups in total. The molecule has 0 heterocycles. The summed E-state index contributed by atoms with van der Waals surface area (Å²) in [5, 5.41) is 0. The first-order chi connectivity index (χ1) is 4.86. The third kappa shape index (κ3) is 1.23. The van der Waals surface area contributed by atoms with Gasteiger partial charge < -0.3 is 0 Å². The van der Waals surface area contributed by atoms with Crippen molar-refractivity contribution >= 4 is 5.78 Å². The molecule has 1 aliphatic carbocycles. The highest BCUT2D eigenvalue weighted by Crippen LogP contribution is 2.34. The highest BCUT2D eigenvalue weighted by atomic mass is 16.1. The van der Waals surface area contributed by atoms with E-state index < -0.39 is 5.89 Å². The Bertz CT molecular complexity index is 164. The standard InChI is InChI=1S/C9H16O/c1-7-5-4-6-9(2,3)8(7)10/h7H,4-6H2,1-3H3/i7D. The van der Waals surface area contributed by atoms with Crippen molar-refractivity contribution in [1.29, 1.82) is 0 Å². The summed E-state index contributed by atoms with van der Waals surface area (Å²) in [7, 11) is 0. The quantitative estimate of drug-likeness (QED) is 0.506. The molecule has 0 aromatic carbocycles. The number of carbonyl (C=O) groups is 1. The van der Waals surface area contributed by atoms with Crippen LogP contribution in [0.3, 0.4) is 0 Å². The lowest BCUT2D eigenvalue weighted by Crippen LogP contribution is -2.33. The lowest BCUT2D eigenvalue weighted by atomic mass is 9.72. The number of hydrogen-bond acceptors (Lipinski definition) is 1. The van der Waals surface area contributed by atoms with Crippen LogP contribution in [0, 0.1) is 11.3 Å². The fraction of sp³-hybridized carbons (Fsp3) is 0.889. The number of ketones is 1. The molecule has 1 heteroatoms. The van der Waals surface area contributed by atoms with Crippen molar-refractivity contribution in [3.05, 3.63) is 0 Å². The Kier molecular flexibility index (Phi) is 1.51. The molecule has 10 heavy (non-hydrogen) atoms. The Morgan fingerprint density at radius 3 is 2.70 bits per heavy atom. The molecule has 1 aliphatic rings. The van der Waals surface area contributed by atoms with Crippen LogP contribution in [0.4, 0.5) is 0 Å². The maximum atomic E-state index is 11.6. The predicted octanol–water partition coefficient (Wildman–Crippen LogP) is 2.40. The molecule has 1 nitrogen and oxygen atoms in total. The van der Waals surface area contributed by atoms with Gasteiger partial charge in [-0.15, -0.1) is 0 Å². The van der Waals surface area contributed by atoms with Crippen molar-refractivity contribution < 1.29 is 6.17 Å². The summed E-state index contributed by atoms with van der Waals surface area (Å²) in [6.07, 6.45) is 2.69. The summed E-state index contributed by atoms with van der Waals surface area (Å²) in [4.78, 5) is 11.6. The third-order valence-electron chi connectivity index (χ3n) is 2.36. The Morgan fingerprint density at radius 1 is 1.70 bits per heavy atom. The van der Waals surface area contributed by atoms with Gasteiger partial charge in [0, 0.05) is 12.7 Å². The Labute approximate surface area is 64.2 Å². The fourth-order valence-electron chi connectivity index (χ4n) is 1.60. The molecular formula is C9H16O. The van der Waals surface area contributed by atoms with E-state index >= 15 is 0 Å². The first-order valence-electron chi connectivity index (χ1n) is 4.41. The molecule has 0 aromatic rings. The monoisotopic (exact) mass is 141 g/mol. The molecule has 0 bridgehead atoms. The molecule has 1 unspecified atom stereocenters. The van der Waals surface area contributed by atoms with Gasteiger partial charge in [0.2, 0.25) is 0 Å². The van der Waals surface area contributed by atoms with E-state index in [1.165, 1.54) is 0 Å². The topological polar surface area (TPSA) is 17.1 Å². The van der Waals surface area contributed by atoms with E-state index in [-0.39, 0.29) is 11.2 Å². The van der Waals surface area contributed by atoms with E-state index in [0.29, 0.717) is 0 Å². The van der Waals surface area contributed by atoms with Crippen LogP contribution < -0.4 is 0 Å². The van der Waals surface area contributed by atoms with Crippen LogP contribution in [0.5, 0.6) is 0 Å². The molecule has 1 fully saturated rings. The van der Waals surface area contributed by atoms with E-state index in [4.69, 9.17) is 1.37 Å². The summed E-state index contributed by atoms with van der Waals surface area (Å²) in [6, 6.07) is 0. The number of hydrogen-bond donors (Lipinski definition) is 0. The maximum Gasteiger partial charge on any atom is 0.141 e. The molecule has 0 saturated heterocycles. The van der Waals surface area contributed by atoms with Crippen LogP contribution in [-0.2, 0) is 4.79 Å². The second-order valence-electron chi connectivity index (χ2n) is 3.85. The van der Waals surface area contributed by atoms with Crippen LogP contribution in [0.1, 0.15) is 41.4 Å². The average Bonchev–Trinajstić information content (AvgIpc) is 1.82. The SMILES string of the molecule is [2H]C1(C)CCCC(C)(C)C1=O. The van der Waals surface area contributed by atoms with Gasteiger partial charge in [-0.05, 0) is 12.8 Å². The van der Waals surface area contributed by atoms with E-state index in [0.717, 1.165) is 19.3 Å². The van der Waals surface area contributed by atoms with Crippen LogP contribution >= 0.6 is 0 Å². The minimum atomic E-state index is -0.818. The van der Waals surface area contributed by atoms with Crippen molar-refractivity contribution in [2.24, 2.45) is 11.3 Å². The molecule has 58 valence electrons. The van der Waals surface area contributed by atoms with Crippen molar-refractivity contribution in [1.82, 2.24) is 0 Å². The second kappa shape index (κ2) is 2.37. The van der Waals surface area contributed by atoms with Gasteiger partial charge in [0.1, 0.15) is 5.78 Å². The molecule has 0 aromatic heterocycles. The normalized spacial score (nSPS) is 41.1. The largest absolute Gasteiger partial charge is 0.299 e. The van der Waals surface area contributed by atoms with Crippen molar-refractivity contribution in [3.8, 4) is 0 Å². The zero-order valence-corrected chi connectivity index (χ0v) is 7.03. The van der Waals surface area contributed by atoms with Crippen molar-refractivity contribution in [2.75, 3.05) is 0 Å². The Hall–Kier alpha value is -0.330. The molecule has 1 saturated carbocycles. The number of carbonyl (C=O) groups excluding carboxylic acids is 1. The van der Waals surface area contributed by atoms with Crippen molar-refractivity contribution in [3.63, 3.8) is 0 Å². The van der Waals surface area contributed by atoms with Crippen LogP contribution in [0.15, 0.2) is 0 Å². The molecular weight excluding hydrogens is 124 g/mol. The molecule has 0 spiro atoms. The highest BCUT2D eigenvalue weighted by Gasteiger charge is 2.34. The summed E-state index contributed by atoms with van der Waals surface area (Å²) < 4.78 is 7.74. The summed E-state index contributed by atoms with van der Waals surface area (Å²) >= 11 is 0. The minimum Gasteiger partial charge on any atom is -0.299 e. The third-order valence-corrected chi connectivity index (χ3v) is 2.36. The smallest absolute Gasteiger partial charge is 0.141 e. The summed E-state index contributed by atoms with van der Waals surface area (Å²) in [6.45, 7) is 5.62. The van der Waals surface area contributed by atoms with Crippen LogP contribution in [0.25, 0.3) is 0 Å². The fourth-order valence-corrected chi connectivity index (χ4v) is 1.60. The van der Waals surface area contributed by atoms with Gasteiger partial charge in [-0.25, -0.2) is 0 Å². The summed E-state index contributed by atoms with van der Waals surface area (Å²) in [5.74, 6) is -0.710. The molecule has 1 atom stereocenters. The minimum absolute atomic E-state index is 0.108. The zero-order valence-electron chi connectivity index (χ0n) is 8.03. The number of Topliss-reactive ketones (excluding diaryl/α,β-unsaturated/α-hetero) is 1. The lowest BCUT2D eigenvalue weighted by molar-refractivity contribution is -0.133.